The molecule has 1 atom stereocenters. The summed E-state index contributed by atoms with van der Waals surface area (Å²) in [6.45, 7) is 11.0. The molecule has 0 aromatic carbocycles. The summed E-state index contributed by atoms with van der Waals surface area (Å²) in [5.74, 6) is -0.0859. The van der Waals surface area contributed by atoms with Crippen molar-refractivity contribution in [2.45, 2.75) is 78.6 Å². The van der Waals surface area contributed by atoms with E-state index in [0.717, 1.165) is 6.42 Å². The Morgan fingerprint density at radius 1 is 1.11 bits per heavy atom. The fraction of sp³-hybridized carbons (Fsp3) is 0.933. The molecule has 1 N–H and O–H groups in total. The van der Waals surface area contributed by atoms with E-state index in [2.05, 4.69) is 12.2 Å². The number of rotatable bonds is 11. The summed E-state index contributed by atoms with van der Waals surface area (Å²) in [5.41, 5.74) is 0. The molecule has 0 saturated heterocycles. The molecular formula is C15H31NO3. The average molecular weight is 273 g/mol. The molecular weight excluding hydrogens is 242 g/mol. The molecule has 0 rings (SSSR count). The van der Waals surface area contributed by atoms with Crippen molar-refractivity contribution in [2.75, 3.05) is 13.2 Å². The number of nitrogens with one attached hydrogen (secondary N) is 1. The Balaban J connectivity index is 3.96. The fourth-order valence-corrected chi connectivity index (χ4v) is 1.70. The van der Waals surface area contributed by atoms with E-state index in [9.17, 15) is 4.79 Å². The smallest absolute Gasteiger partial charge is 0.251 e. The maximum atomic E-state index is 11.9. The van der Waals surface area contributed by atoms with Gasteiger partial charge in [0.2, 0.25) is 0 Å². The average Bonchev–Trinajstić information content (AvgIpc) is 2.30. The molecule has 19 heavy (non-hydrogen) atoms. The Kier molecular flexibility index (Phi) is 10.9. The summed E-state index contributed by atoms with van der Waals surface area (Å²) in [6.07, 6.45) is 4.21. The van der Waals surface area contributed by atoms with Crippen LogP contribution in [0.4, 0.5) is 0 Å². The zero-order chi connectivity index (χ0) is 14.7. The number of hydrogen-bond acceptors (Lipinski definition) is 3. The van der Waals surface area contributed by atoms with Gasteiger partial charge in [0.1, 0.15) is 0 Å². The molecule has 1 amide bonds. The van der Waals surface area contributed by atoms with Gasteiger partial charge in [0.15, 0.2) is 6.10 Å². The second-order valence-corrected chi connectivity index (χ2v) is 5.47. The molecule has 0 aliphatic heterocycles. The number of carbonyl (C=O) groups excluding carboxylic acids is 1. The van der Waals surface area contributed by atoms with E-state index >= 15 is 0 Å². The van der Waals surface area contributed by atoms with Crippen LogP contribution in [-0.4, -0.2) is 37.4 Å². The van der Waals surface area contributed by atoms with Crippen molar-refractivity contribution in [1.29, 1.82) is 0 Å². The molecule has 0 radical (unpaired) electrons. The summed E-state index contributed by atoms with van der Waals surface area (Å²) in [6, 6.07) is 0.121. The number of ether oxygens (including phenoxy) is 2. The lowest BCUT2D eigenvalue weighted by Gasteiger charge is -2.21. The molecule has 0 heterocycles. The second-order valence-electron chi connectivity index (χ2n) is 5.47. The summed E-state index contributed by atoms with van der Waals surface area (Å²) in [5, 5.41) is 2.87. The molecule has 1 unspecified atom stereocenters. The van der Waals surface area contributed by atoms with Crippen LogP contribution < -0.4 is 5.32 Å². The van der Waals surface area contributed by atoms with E-state index in [4.69, 9.17) is 9.47 Å². The molecule has 0 aliphatic rings. The largest absolute Gasteiger partial charge is 0.378 e. The van der Waals surface area contributed by atoms with Gasteiger partial charge in [-0.15, -0.1) is 0 Å². The Morgan fingerprint density at radius 2 is 1.79 bits per heavy atom. The highest BCUT2D eigenvalue weighted by molar-refractivity contribution is 5.81. The quantitative estimate of drug-likeness (QED) is 0.589. The lowest BCUT2D eigenvalue weighted by Crippen LogP contribution is -2.43. The van der Waals surface area contributed by atoms with Gasteiger partial charge in [-0.1, -0.05) is 26.2 Å². The summed E-state index contributed by atoms with van der Waals surface area (Å²) >= 11 is 0. The van der Waals surface area contributed by atoms with Crippen molar-refractivity contribution in [3.63, 3.8) is 0 Å². The van der Waals surface area contributed by atoms with Crippen LogP contribution in [0.2, 0.25) is 0 Å². The van der Waals surface area contributed by atoms with Crippen LogP contribution in [0.5, 0.6) is 0 Å². The third-order valence-electron chi connectivity index (χ3n) is 2.57. The molecule has 0 aromatic heterocycles. The zero-order valence-electron chi connectivity index (χ0n) is 13.2. The summed E-state index contributed by atoms with van der Waals surface area (Å²) in [4.78, 5) is 11.9. The van der Waals surface area contributed by atoms with E-state index in [1.165, 1.54) is 19.3 Å². The molecule has 0 aromatic rings. The Hall–Kier alpha value is -0.610. The highest BCUT2D eigenvalue weighted by Gasteiger charge is 2.21. The van der Waals surface area contributed by atoms with Gasteiger partial charge in [0, 0.05) is 12.6 Å². The number of carbonyl (C=O) groups is 1. The van der Waals surface area contributed by atoms with Crippen molar-refractivity contribution in [3.05, 3.63) is 0 Å². The zero-order valence-corrected chi connectivity index (χ0v) is 13.2. The molecule has 0 spiro atoms. The predicted molar refractivity (Wildman–Crippen MR) is 78.2 cm³/mol. The van der Waals surface area contributed by atoms with Crippen molar-refractivity contribution >= 4 is 5.91 Å². The van der Waals surface area contributed by atoms with Crippen molar-refractivity contribution in [1.82, 2.24) is 5.32 Å². The van der Waals surface area contributed by atoms with Gasteiger partial charge in [-0.05, 0) is 34.1 Å². The van der Waals surface area contributed by atoms with Gasteiger partial charge in [0.25, 0.3) is 5.91 Å². The standard InChI is InChI=1S/C15H31NO3/c1-6-7-8-9-10-18-11-14(19-13(4)5)15(17)16-12(2)3/h12-14H,6-11H2,1-5H3,(H,16,17). The van der Waals surface area contributed by atoms with Gasteiger partial charge in [0.05, 0.1) is 12.7 Å². The van der Waals surface area contributed by atoms with Gasteiger partial charge >= 0.3 is 0 Å². The summed E-state index contributed by atoms with van der Waals surface area (Å²) < 4.78 is 11.2. The Morgan fingerprint density at radius 3 is 2.32 bits per heavy atom. The van der Waals surface area contributed by atoms with Crippen molar-refractivity contribution in [3.8, 4) is 0 Å². The van der Waals surface area contributed by atoms with Crippen LogP contribution in [0.3, 0.4) is 0 Å². The van der Waals surface area contributed by atoms with Crippen molar-refractivity contribution < 1.29 is 14.3 Å². The van der Waals surface area contributed by atoms with Gasteiger partial charge < -0.3 is 14.8 Å². The minimum atomic E-state index is -0.506. The molecule has 114 valence electrons. The Bertz CT molecular complexity index is 229. The SMILES string of the molecule is CCCCCCOCC(OC(C)C)C(=O)NC(C)C. The van der Waals surface area contributed by atoms with Crippen LogP contribution in [0, 0.1) is 0 Å². The monoisotopic (exact) mass is 273 g/mol. The molecule has 0 fully saturated rings. The maximum Gasteiger partial charge on any atom is 0.251 e. The highest BCUT2D eigenvalue weighted by atomic mass is 16.5. The lowest BCUT2D eigenvalue weighted by atomic mass is 10.2. The number of unbranched alkanes of at least 4 members (excludes halogenated alkanes) is 3. The fourth-order valence-electron chi connectivity index (χ4n) is 1.70. The minimum absolute atomic E-state index is 0.0200. The first-order chi connectivity index (χ1) is 8.97. The third kappa shape index (κ3) is 11.0. The van der Waals surface area contributed by atoms with E-state index in [-0.39, 0.29) is 18.1 Å². The second kappa shape index (κ2) is 11.2. The van der Waals surface area contributed by atoms with Gasteiger partial charge in [-0.25, -0.2) is 0 Å². The molecule has 0 bridgehead atoms. The lowest BCUT2D eigenvalue weighted by molar-refractivity contribution is -0.141. The maximum absolute atomic E-state index is 11.9. The number of hydrogen-bond donors (Lipinski definition) is 1. The minimum Gasteiger partial charge on any atom is -0.378 e. The van der Waals surface area contributed by atoms with E-state index in [1.54, 1.807) is 0 Å². The van der Waals surface area contributed by atoms with Crippen LogP contribution >= 0.6 is 0 Å². The predicted octanol–water partition coefficient (Wildman–Crippen LogP) is 2.90. The van der Waals surface area contributed by atoms with Crippen LogP contribution in [0.1, 0.15) is 60.3 Å². The summed E-state index contributed by atoms with van der Waals surface area (Å²) in [7, 11) is 0. The molecule has 4 nitrogen and oxygen atoms in total. The number of amides is 1. The van der Waals surface area contributed by atoms with Gasteiger partial charge in [-0.3, -0.25) is 4.79 Å². The highest BCUT2D eigenvalue weighted by Crippen LogP contribution is 2.03. The van der Waals surface area contributed by atoms with Gasteiger partial charge in [-0.2, -0.15) is 0 Å². The van der Waals surface area contributed by atoms with Crippen LogP contribution in [0.15, 0.2) is 0 Å². The van der Waals surface area contributed by atoms with Crippen molar-refractivity contribution in [2.24, 2.45) is 0 Å². The molecule has 4 heteroatoms. The molecule has 0 aliphatic carbocycles. The van der Waals surface area contributed by atoms with Crippen LogP contribution in [0.25, 0.3) is 0 Å². The first-order valence-corrected chi connectivity index (χ1v) is 7.50. The Labute approximate surface area is 118 Å². The topological polar surface area (TPSA) is 47.6 Å². The van der Waals surface area contributed by atoms with E-state index < -0.39 is 6.10 Å². The normalized spacial score (nSPS) is 13.0. The molecule has 0 saturated carbocycles. The van der Waals surface area contributed by atoms with E-state index in [0.29, 0.717) is 13.2 Å². The van der Waals surface area contributed by atoms with Crippen LogP contribution in [-0.2, 0) is 14.3 Å². The van der Waals surface area contributed by atoms with E-state index in [1.807, 2.05) is 27.7 Å². The first kappa shape index (κ1) is 18.4. The first-order valence-electron chi connectivity index (χ1n) is 7.50. The third-order valence-corrected chi connectivity index (χ3v) is 2.57.